The van der Waals surface area contributed by atoms with Crippen molar-refractivity contribution in [1.29, 1.82) is 0 Å². The van der Waals surface area contributed by atoms with Crippen LogP contribution < -0.4 is 10.6 Å². The molecule has 2 N–H and O–H groups in total. The number of morpholine rings is 1. The summed E-state index contributed by atoms with van der Waals surface area (Å²) in [4.78, 5) is 24.1. The monoisotopic (exact) mass is 606 g/mol. The number of hydrogen-bond donors (Lipinski definition) is 2. The fourth-order valence-corrected chi connectivity index (χ4v) is 6.49. The van der Waals surface area contributed by atoms with Crippen molar-refractivity contribution in [2.75, 3.05) is 70.2 Å². The van der Waals surface area contributed by atoms with Crippen LogP contribution in [0.25, 0.3) is 22.4 Å². The summed E-state index contributed by atoms with van der Waals surface area (Å²) in [5.74, 6) is 0.937. The normalized spacial score (nSPS) is 18.9. The maximum absolute atomic E-state index is 12.8. The zero-order chi connectivity index (χ0) is 30.8. The van der Waals surface area contributed by atoms with Crippen LogP contribution in [0.4, 0.5) is 16.3 Å². The van der Waals surface area contributed by atoms with Gasteiger partial charge in [0.1, 0.15) is 11.5 Å². The number of urea groups is 1. The highest BCUT2D eigenvalue weighted by molar-refractivity contribution is 5.90. The SMILES string of the molecule is CCn1cc(-c2ccnc3c2CC(c2ccc(CN4CCOCC4)cc2)N3)c(-c2ccc(NC(=O)N3CCN(C)CC3)cc2)n1. The number of fused-ring (bicyclic) bond motifs is 1. The molecule has 45 heavy (non-hydrogen) atoms. The molecule has 2 amide bonds. The molecule has 10 heteroatoms. The van der Waals surface area contributed by atoms with E-state index in [0.717, 1.165) is 106 Å². The number of ether oxygens (including phenoxy) is 1. The van der Waals surface area contributed by atoms with Gasteiger partial charge in [0.2, 0.25) is 0 Å². The van der Waals surface area contributed by atoms with E-state index in [0.29, 0.717) is 0 Å². The number of likely N-dealkylation sites (N-methyl/N-ethyl adjacent to an activating group) is 1. The van der Waals surface area contributed by atoms with E-state index in [1.807, 2.05) is 40.0 Å². The molecule has 0 saturated carbocycles. The van der Waals surface area contributed by atoms with Gasteiger partial charge in [0, 0.05) is 93.6 Å². The largest absolute Gasteiger partial charge is 0.379 e. The van der Waals surface area contributed by atoms with Crippen LogP contribution in [0, 0.1) is 0 Å². The summed E-state index contributed by atoms with van der Waals surface area (Å²) in [5, 5.41) is 11.7. The Morgan fingerprint density at radius 1 is 0.956 bits per heavy atom. The Balaban J connectivity index is 1.08. The summed E-state index contributed by atoms with van der Waals surface area (Å²) in [6.45, 7) is 10.7. The first kappa shape index (κ1) is 29.5. The minimum atomic E-state index is -0.0482. The molecule has 2 saturated heterocycles. The third-order valence-corrected chi connectivity index (χ3v) is 9.24. The fraction of sp³-hybridized carbons (Fsp3) is 0.400. The lowest BCUT2D eigenvalue weighted by molar-refractivity contribution is 0.0342. The maximum Gasteiger partial charge on any atom is 0.321 e. The number of rotatable bonds is 7. The molecule has 7 rings (SSSR count). The number of piperazine rings is 1. The van der Waals surface area contributed by atoms with Crippen molar-refractivity contribution < 1.29 is 9.53 Å². The first-order valence-electron chi connectivity index (χ1n) is 16.1. The van der Waals surface area contributed by atoms with Gasteiger partial charge in [-0.05, 0) is 48.9 Å². The Morgan fingerprint density at radius 3 is 2.44 bits per heavy atom. The molecular formula is C35H42N8O2. The number of pyridine rings is 1. The number of hydrogen-bond acceptors (Lipinski definition) is 7. The summed E-state index contributed by atoms with van der Waals surface area (Å²) in [7, 11) is 2.09. The average Bonchev–Trinajstić information content (AvgIpc) is 3.71. The summed E-state index contributed by atoms with van der Waals surface area (Å²) >= 11 is 0. The third kappa shape index (κ3) is 6.45. The molecule has 3 aliphatic rings. The number of carbonyl (C=O) groups excluding carboxylic acids is 1. The van der Waals surface area contributed by atoms with E-state index in [2.05, 4.69) is 70.9 Å². The summed E-state index contributed by atoms with van der Waals surface area (Å²) in [5.41, 5.74) is 8.78. The second-order valence-corrected chi connectivity index (χ2v) is 12.3. The number of amides is 2. The standard InChI is InChI=1S/C35H42N8O2/c1-3-43-24-31(33(39-43)27-8-10-28(11-9-27)37-35(44)42-16-14-40(2)15-17-42)29-12-13-36-34-30(29)22-32(38-34)26-6-4-25(5-7-26)23-41-18-20-45-21-19-41/h4-13,24,32H,3,14-23H2,1-2H3,(H,36,38)(H,37,44). The van der Waals surface area contributed by atoms with Crippen LogP contribution in [0.15, 0.2) is 67.0 Å². The zero-order valence-corrected chi connectivity index (χ0v) is 26.2. The first-order chi connectivity index (χ1) is 22.0. The van der Waals surface area contributed by atoms with E-state index >= 15 is 0 Å². The van der Waals surface area contributed by atoms with Crippen molar-refractivity contribution >= 4 is 17.5 Å². The van der Waals surface area contributed by atoms with E-state index in [4.69, 9.17) is 14.8 Å². The van der Waals surface area contributed by atoms with Crippen molar-refractivity contribution in [3.63, 3.8) is 0 Å². The van der Waals surface area contributed by atoms with Crippen LogP contribution >= 0.6 is 0 Å². The quantitative estimate of drug-likeness (QED) is 0.308. The fourth-order valence-electron chi connectivity index (χ4n) is 6.49. The van der Waals surface area contributed by atoms with Gasteiger partial charge in [-0.2, -0.15) is 5.10 Å². The van der Waals surface area contributed by atoms with Crippen LogP contribution in [-0.4, -0.2) is 95.0 Å². The Bertz CT molecular complexity index is 1620. The Kier molecular flexibility index (Phi) is 8.51. The third-order valence-electron chi connectivity index (χ3n) is 9.24. The molecule has 234 valence electrons. The molecule has 1 unspecified atom stereocenters. The predicted molar refractivity (Wildman–Crippen MR) is 177 cm³/mol. The van der Waals surface area contributed by atoms with Crippen LogP contribution in [0.1, 0.15) is 29.7 Å². The number of carbonyl (C=O) groups is 1. The van der Waals surface area contributed by atoms with E-state index < -0.39 is 0 Å². The molecular weight excluding hydrogens is 564 g/mol. The minimum Gasteiger partial charge on any atom is -0.379 e. The molecule has 4 aromatic rings. The molecule has 10 nitrogen and oxygen atoms in total. The van der Waals surface area contributed by atoms with Crippen molar-refractivity contribution in [1.82, 2.24) is 29.5 Å². The van der Waals surface area contributed by atoms with Crippen molar-refractivity contribution in [2.24, 2.45) is 0 Å². The summed E-state index contributed by atoms with van der Waals surface area (Å²) in [6, 6.07) is 19.3. The Hall–Kier alpha value is -4.25. The molecule has 2 fully saturated rings. The predicted octanol–water partition coefficient (Wildman–Crippen LogP) is 4.95. The smallest absolute Gasteiger partial charge is 0.321 e. The molecule has 3 aliphatic heterocycles. The number of aryl methyl sites for hydroxylation is 1. The van der Waals surface area contributed by atoms with E-state index in [-0.39, 0.29) is 12.1 Å². The lowest BCUT2D eigenvalue weighted by Crippen LogP contribution is -2.48. The minimum absolute atomic E-state index is 0.0482. The number of nitrogens with one attached hydrogen (secondary N) is 2. The average molecular weight is 607 g/mol. The van der Waals surface area contributed by atoms with Crippen LogP contribution in [0.2, 0.25) is 0 Å². The van der Waals surface area contributed by atoms with Gasteiger partial charge in [-0.25, -0.2) is 9.78 Å². The second-order valence-electron chi connectivity index (χ2n) is 12.3. The highest BCUT2D eigenvalue weighted by atomic mass is 16.5. The number of anilines is 2. The van der Waals surface area contributed by atoms with Gasteiger partial charge in [0.05, 0.1) is 19.3 Å². The van der Waals surface area contributed by atoms with Gasteiger partial charge in [-0.3, -0.25) is 9.58 Å². The second kappa shape index (κ2) is 13.0. The summed E-state index contributed by atoms with van der Waals surface area (Å²) < 4.78 is 7.49. The van der Waals surface area contributed by atoms with Crippen LogP contribution in [0.5, 0.6) is 0 Å². The van der Waals surface area contributed by atoms with E-state index in [1.54, 1.807) is 0 Å². The molecule has 0 radical (unpaired) electrons. The van der Waals surface area contributed by atoms with Gasteiger partial charge in [0.25, 0.3) is 0 Å². The number of nitrogens with zero attached hydrogens (tertiary/aromatic N) is 6. The molecule has 0 spiro atoms. The van der Waals surface area contributed by atoms with Gasteiger partial charge in [-0.15, -0.1) is 0 Å². The van der Waals surface area contributed by atoms with Gasteiger partial charge < -0.3 is 25.2 Å². The lowest BCUT2D eigenvalue weighted by atomic mass is 9.95. The number of aromatic nitrogens is 3. The van der Waals surface area contributed by atoms with Gasteiger partial charge >= 0.3 is 6.03 Å². The highest BCUT2D eigenvalue weighted by Gasteiger charge is 2.28. The Morgan fingerprint density at radius 2 is 1.71 bits per heavy atom. The van der Waals surface area contributed by atoms with E-state index in [9.17, 15) is 4.79 Å². The molecule has 2 aromatic carbocycles. The zero-order valence-electron chi connectivity index (χ0n) is 26.2. The Labute approximate surface area is 265 Å². The molecule has 0 aliphatic carbocycles. The first-order valence-corrected chi connectivity index (χ1v) is 16.1. The molecule has 0 bridgehead atoms. The number of benzene rings is 2. The summed E-state index contributed by atoms with van der Waals surface area (Å²) in [6.07, 6.45) is 4.89. The molecule has 5 heterocycles. The van der Waals surface area contributed by atoms with Gasteiger partial charge in [0.15, 0.2) is 0 Å². The topological polar surface area (TPSA) is 90.8 Å². The molecule has 1 atom stereocenters. The lowest BCUT2D eigenvalue weighted by Gasteiger charge is -2.32. The van der Waals surface area contributed by atoms with E-state index in [1.165, 1.54) is 16.7 Å². The van der Waals surface area contributed by atoms with Gasteiger partial charge in [-0.1, -0.05) is 36.4 Å². The highest BCUT2D eigenvalue weighted by Crippen LogP contribution is 2.41. The van der Waals surface area contributed by atoms with Crippen molar-refractivity contribution in [3.8, 4) is 22.4 Å². The molecule has 2 aromatic heterocycles. The van der Waals surface area contributed by atoms with Crippen molar-refractivity contribution in [3.05, 3.63) is 83.7 Å². The van der Waals surface area contributed by atoms with Crippen LogP contribution in [-0.2, 0) is 24.2 Å². The van der Waals surface area contributed by atoms with Crippen molar-refractivity contribution in [2.45, 2.75) is 32.5 Å². The van der Waals surface area contributed by atoms with Crippen LogP contribution in [0.3, 0.4) is 0 Å². The maximum atomic E-state index is 12.8.